The summed E-state index contributed by atoms with van der Waals surface area (Å²) in [5, 5.41) is 3.68. The van der Waals surface area contributed by atoms with E-state index in [1.54, 1.807) is 0 Å². The van der Waals surface area contributed by atoms with Crippen LogP contribution < -0.4 is 5.32 Å². The maximum absolute atomic E-state index is 5.99. The van der Waals surface area contributed by atoms with Gasteiger partial charge in [0.05, 0.1) is 12.2 Å². The van der Waals surface area contributed by atoms with Crippen molar-refractivity contribution in [2.75, 3.05) is 6.54 Å². The molecule has 1 aliphatic carbocycles. The Morgan fingerprint density at radius 3 is 2.60 bits per heavy atom. The molecule has 0 bridgehead atoms. The highest BCUT2D eigenvalue weighted by Gasteiger charge is 2.33. The van der Waals surface area contributed by atoms with E-state index in [1.807, 2.05) is 0 Å². The second-order valence-electron chi connectivity index (χ2n) is 5.30. The molecular formula is C13H25NO. The quantitative estimate of drug-likeness (QED) is 0.729. The highest BCUT2D eigenvalue weighted by molar-refractivity contribution is 4.88. The van der Waals surface area contributed by atoms with Gasteiger partial charge in [0.1, 0.15) is 0 Å². The van der Waals surface area contributed by atoms with Crippen LogP contribution in [0.15, 0.2) is 0 Å². The first-order chi connectivity index (χ1) is 7.29. The molecule has 3 unspecified atom stereocenters. The molecule has 0 aromatic carbocycles. The highest BCUT2D eigenvalue weighted by atomic mass is 16.5. The molecule has 1 saturated heterocycles. The standard InChI is InChI=1S/C13H25NO/c1-3-8-14-12(9-11-5-6-11)13-7-4-10(2)15-13/h10-14H,3-9H2,1-2H3. The van der Waals surface area contributed by atoms with Gasteiger partial charge in [-0.15, -0.1) is 0 Å². The predicted molar refractivity (Wildman–Crippen MR) is 63.0 cm³/mol. The molecule has 1 saturated carbocycles. The minimum atomic E-state index is 0.486. The van der Waals surface area contributed by atoms with Crippen molar-refractivity contribution in [1.29, 1.82) is 0 Å². The van der Waals surface area contributed by atoms with Gasteiger partial charge in [0.25, 0.3) is 0 Å². The predicted octanol–water partition coefficient (Wildman–Crippen LogP) is 2.72. The molecule has 0 radical (unpaired) electrons. The Morgan fingerprint density at radius 1 is 1.27 bits per heavy atom. The third kappa shape index (κ3) is 3.46. The first-order valence-electron chi connectivity index (χ1n) is 6.68. The first kappa shape index (κ1) is 11.4. The molecule has 1 N–H and O–H groups in total. The number of rotatable bonds is 6. The molecule has 15 heavy (non-hydrogen) atoms. The maximum atomic E-state index is 5.99. The minimum absolute atomic E-state index is 0.486. The Bertz CT molecular complexity index is 191. The summed E-state index contributed by atoms with van der Waals surface area (Å²) in [7, 11) is 0. The molecule has 0 aromatic rings. The van der Waals surface area contributed by atoms with Crippen molar-refractivity contribution in [3.63, 3.8) is 0 Å². The fourth-order valence-corrected chi connectivity index (χ4v) is 2.54. The lowest BCUT2D eigenvalue weighted by molar-refractivity contribution is 0.0288. The third-order valence-electron chi connectivity index (χ3n) is 3.65. The van der Waals surface area contributed by atoms with Gasteiger partial charge in [-0.1, -0.05) is 19.8 Å². The number of nitrogens with one attached hydrogen (secondary N) is 1. The Kier molecular flexibility index (Phi) is 4.04. The zero-order valence-corrected chi connectivity index (χ0v) is 10.2. The summed E-state index contributed by atoms with van der Waals surface area (Å²) >= 11 is 0. The number of hydrogen-bond donors (Lipinski definition) is 1. The Morgan fingerprint density at radius 2 is 2.07 bits per heavy atom. The van der Waals surface area contributed by atoms with E-state index in [0.717, 1.165) is 12.5 Å². The van der Waals surface area contributed by atoms with E-state index < -0.39 is 0 Å². The molecule has 2 fully saturated rings. The van der Waals surface area contributed by atoms with Crippen LogP contribution in [-0.4, -0.2) is 24.8 Å². The molecule has 1 aliphatic heterocycles. The summed E-state index contributed by atoms with van der Waals surface area (Å²) in [6.07, 6.45) is 8.96. The van der Waals surface area contributed by atoms with Gasteiger partial charge in [-0.05, 0) is 45.1 Å². The molecule has 0 spiro atoms. The van der Waals surface area contributed by atoms with E-state index in [2.05, 4.69) is 19.2 Å². The van der Waals surface area contributed by atoms with Crippen LogP contribution in [0.4, 0.5) is 0 Å². The van der Waals surface area contributed by atoms with Crippen molar-refractivity contribution in [2.45, 2.75) is 70.6 Å². The zero-order valence-electron chi connectivity index (χ0n) is 10.2. The molecule has 0 amide bonds. The zero-order chi connectivity index (χ0) is 10.7. The van der Waals surface area contributed by atoms with Crippen LogP contribution in [0.25, 0.3) is 0 Å². The second-order valence-corrected chi connectivity index (χ2v) is 5.30. The van der Waals surface area contributed by atoms with Gasteiger partial charge in [-0.3, -0.25) is 0 Å². The minimum Gasteiger partial charge on any atom is -0.374 e. The third-order valence-corrected chi connectivity index (χ3v) is 3.65. The van der Waals surface area contributed by atoms with E-state index in [9.17, 15) is 0 Å². The van der Waals surface area contributed by atoms with E-state index in [1.165, 1.54) is 38.5 Å². The van der Waals surface area contributed by atoms with E-state index in [4.69, 9.17) is 4.74 Å². The summed E-state index contributed by atoms with van der Waals surface area (Å²) in [4.78, 5) is 0. The maximum Gasteiger partial charge on any atom is 0.0732 e. The van der Waals surface area contributed by atoms with Crippen LogP contribution in [0.5, 0.6) is 0 Å². The Balaban J connectivity index is 1.79. The fourth-order valence-electron chi connectivity index (χ4n) is 2.54. The average molecular weight is 211 g/mol. The molecule has 2 heteroatoms. The van der Waals surface area contributed by atoms with Gasteiger partial charge < -0.3 is 10.1 Å². The van der Waals surface area contributed by atoms with E-state index in [-0.39, 0.29) is 0 Å². The number of ether oxygens (including phenoxy) is 1. The lowest BCUT2D eigenvalue weighted by Crippen LogP contribution is -2.40. The van der Waals surface area contributed by atoms with E-state index >= 15 is 0 Å². The summed E-state index contributed by atoms with van der Waals surface area (Å²) in [5.74, 6) is 0.999. The Hall–Kier alpha value is -0.0800. The lowest BCUT2D eigenvalue weighted by Gasteiger charge is -2.24. The first-order valence-corrected chi connectivity index (χ1v) is 6.68. The van der Waals surface area contributed by atoms with Crippen molar-refractivity contribution in [2.24, 2.45) is 5.92 Å². The van der Waals surface area contributed by atoms with Gasteiger partial charge in [-0.25, -0.2) is 0 Å². The topological polar surface area (TPSA) is 21.3 Å². The fraction of sp³-hybridized carbons (Fsp3) is 1.00. The van der Waals surface area contributed by atoms with Crippen LogP contribution in [0.3, 0.4) is 0 Å². The molecule has 2 aliphatic rings. The van der Waals surface area contributed by atoms with Crippen LogP contribution in [-0.2, 0) is 4.74 Å². The molecule has 2 nitrogen and oxygen atoms in total. The average Bonchev–Trinajstić information content (AvgIpc) is 2.94. The summed E-state index contributed by atoms with van der Waals surface area (Å²) in [6.45, 7) is 5.58. The Labute approximate surface area is 93.8 Å². The van der Waals surface area contributed by atoms with E-state index in [0.29, 0.717) is 18.2 Å². The van der Waals surface area contributed by atoms with Crippen LogP contribution in [0.1, 0.15) is 52.4 Å². The highest BCUT2D eigenvalue weighted by Crippen LogP contribution is 2.36. The molecule has 2 rings (SSSR count). The molecule has 1 heterocycles. The largest absolute Gasteiger partial charge is 0.374 e. The van der Waals surface area contributed by atoms with Crippen LogP contribution >= 0.6 is 0 Å². The smallest absolute Gasteiger partial charge is 0.0732 e. The van der Waals surface area contributed by atoms with Gasteiger partial charge in [0.15, 0.2) is 0 Å². The van der Waals surface area contributed by atoms with Crippen molar-refractivity contribution < 1.29 is 4.74 Å². The SMILES string of the molecule is CCCNC(CC1CC1)C1CCC(C)O1. The van der Waals surface area contributed by atoms with Crippen LogP contribution in [0.2, 0.25) is 0 Å². The van der Waals surface area contributed by atoms with Crippen molar-refractivity contribution >= 4 is 0 Å². The second kappa shape index (κ2) is 5.31. The van der Waals surface area contributed by atoms with Crippen molar-refractivity contribution in [3.8, 4) is 0 Å². The summed E-state index contributed by atoms with van der Waals surface area (Å²) < 4.78 is 5.99. The summed E-state index contributed by atoms with van der Waals surface area (Å²) in [5.41, 5.74) is 0. The van der Waals surface area contributed by atoms with Gasteiger partial charge in [0.2, 0.25) is 0 Å². The number of hydrogen-bond acceptors (Lipinski definition) is 2. The molecular weight excluding hydrogens is 186 g/mol. The van der Waals surface area contributed by atoms with Gasteiger partial charge in [-0.2, -0.15) is 0 Å². The van der Waals surface area contributed by atoms with Crippen LogP contribution in [0, 0.1) is 5.92 Å². The van der Waals surface area contributed by atoms with Gasteiger partial charge in [0, 0.05) is 6.04 Å². The van der Waals surface area contributed by atoms with Crippen molar-refractivity contribution in [1.82, 2.24) is 5.32 Å². The monoisotopic (exact) mass is 211 g/mol. The normalized spacial score (nSPS) is 33.2. The van der Waals surface area contributed by atoms with Gasteiger partial charge >= 0.3 is 0 Å². The summed E-state index contributed by atoms with van der Waals surface area (Å²) in [6, 6.07) is 0.627. The lowest BCUT2D eigenvalue weighted by atomic mass is 10.0. The molecule has 88 valence electrons. The van der Waals surface area contributed by atoms with Crippen molar-refractivity contribution in [3.05, 3.63) is 0 Å². The molecule has 0 aromatic heterocycles. The molecule has 3 atom stereocenters.